The predicted octanol–water partition coefficient (Wildman–Crippen LogP) is 2.34. The van der Waals surface area contributed by atoms with Crippen LogP contribution in [-0.2, 0) is 14.0 Å². The van der Waals surface area contributed by atoms with Crippen LogP contribution in [0, 0.1) is 0 Å². The Balaban J connectivity index is 2.22. The van der Waals surface area contributed by atoms with Crippen molar-refractivity contribution in [1.82, 2.24) is 4.98 Å². The minimum absolute atomic E-state index is 0.252. The summed E-state index contributed by atoms with van der Waals surface area (Å²) in [6.45, 7) is 13.4. The highest BCUT2D eigenvalue weighted by Crippen LogP contribution is 2.36. The van der Waals surface area contributed by atoms with Crippen LogP contribution in [0.2, 0.25) is 0 Å². The number of carbonyl (C=O) groups is 1. The van der Waals surface area contributed by atoms with Crippen molar-refractivity contribution in [3.63, 3.8) is 0 Å². The predicted molar refractivity (Wildman–Crippen MR) is 85.1 cm³/mol. The molecule has 0 aliphatic carbocycles. The Kier molecular flexibility index (Phi) is 4.13. The van der Waals surface area contributed by atoms with Gasteiger partial charge in [-0.1, -0.05) is 0 Å². The second kappa shape index (κ2) is 5.35. The van der Waals surface area contributed by atoms with Crippen molar-refractivity contribution < 1.29 is 18.8 Å². The fraction of sp³-hybridized carbons (Fsp3) is 0.625. The first kappa shape index (κ1) is 17.0. The molecule has 0 aromatic carbocycles. The lowest BCUT2D eigenvalue weighted by atomic mass is 9.79. The van der Waals surface area contributed by atoms with E-state index in [-0.39, 0.29) is 5.69 Å². The number of nitrogens with zero attached hydrogens (tertiary/aromatic N) is 1. The molecular weight excluding hydrogens is 281 g/mol. The van der Waals surface area contributed by atoms with Crippen molar-refractivity contribution >= 4 is 18.6 Å². The van der Waals surface area contributed by atoms with Gasteiger partial charge in [0.15, 0.2) is 0 Å². The standard InChI is InChI=1S/C16H24BNO4/c1-14(2,3)20-13(19)12-10-11(8-9-18-12)17-21-15(4,5)16(6,7)22-17/h8-10H,1-7H3. The quantitative estimate of drug-likeness (QED) is 0.620. The first-order valence-electron chi connectivity index (χ1n) is 7.46. The zero-order chi connectivity index (χ0) is 16.8. The number of aromatic nitrogens is 1. The number of pyridine rings is 1. The van der Waals surface area contributed by atoms with Crippen LogP contribution in [0.1, 0.15) is 59.0 Å². The molecule has 0 bridgehead atoms. The van der Waals surface area contributed by atoms with E-state index in [0.29, 0.717) is 0 Å². The van der Waals surface area contributed by atoms with E-state index >= 15 is 0 Å². The molecule has 2 rings (SSSR count). The molecule has 120 valence electrons. The lowest BCUT2D eigenvalue weighted by Crippen LogP contribution is -2.41. The van der Waals surface area contributed by atoms with Gasteiger partial charge in [-0.15, -0.1) is 0 Å². The molecule has 22 heavy (non-hydrogen) atoms. The van der Waals surface area contributed by atoms with E-state index in [4.69, 9.17) is 14.0 Å². The van der Waals surface area contributed by atoms with Gasteiger partial charge in [-0.25, -0.2) is 9.78 Å². The Morgan fingerprint density at radius 1 is 1.18 bits per heavy atom. The van der Waals surface area contributed by atoms with E-state index in [0.717, 1.165) is 5.46 Å². The maximum atomic E-state index is 12.1. The third-order valence-electron chi connectivity index (χ3n) is 3.92. The van der Waals surface area contributed by atoms with Crippen LogP contribution >= 0.6 is 0 Å². The molecule has 2 heterocycles. The first-order chi connectivity index (χ1) is 9.91. The zero-order valence-electron chi connectivity index (χ0n) is 14.4. The molecule has 1 saturated heterocycles. The van der Waals surface area contributed by atoms with Gasteiger partial charge in [0.1, 0.15) is 11.3 Å². The van der Waals surface area contributed by atoms with Gasteiger partial charge in [0.2, 0.25) is 0 Å². The molecule has 0 spiro atoms. The molecule has 1 aromatic heterocycles. The molecule has 6 heteroatoms. The molecule has 1 fully saturated rings. The summed E-state index contributed by atoms with van der Waals surface area (Å²) >= 11 is 0. The van der Waals surface area contributed by atoms with Crippen LogP contribution in [0.15, 0.2) is 18.3 Å². The number of rotatable bonds is 2. The molecular formula is C16H24BNO4. The van der Waals surface area contributed by atoms with Gasteiger partial charge in [0, 0.05) is 6.20 Å². The summed E-state index contributed by atoms with van der Waals surface area (Å²) in [6, 6.07) is 3.45. The van der Waals surface area contributed by atoms with E-state index < -0.39 is 29.9 Å². The first-order valence-corrected chi connectivity index (χ1v) is 7.46. The third-order valence-corrected chi connectivity index (χ3v) is 3.92. The smallest absolute Gasteiger partial charge is 0.455 e. The van der Waals surface area contributed by atoms with Crippen LogP contribution in [0.5, 0.6) is 0 Å². The van der Waals surface area contributed by atoms with Gasteiger partial charge in [0.25, 0.3) is 0 Å². The number of carbonyl (C=O) groups excluding carboxylic acids is 1. The number of esters is 1. The summed E-state index contributed by atoms with van der Waals surface area (Å²) in [7, 11) is -0.519. The summed E-state index contributed by atoms with van der Waals surface area (Å²) in [5.41, 5.74) is -0.393. The highest BCUT2D eigenvalue weighted by molar-refractivity contribution is 6.62. The van der Waals surface area contributed by atoms with E-state index in [2.05, 4.69) is 4.98 Å². The molecule has 0 radical (unpaired) electrons. The SMILES string of the molecule is CC(C)(C)OC(=O)c1cc(B2OC(C)(C)C(C)(C)O2)ccn1. The highest BCUT2D eigenvalue weighted by atomic mass is 16.7. The Morgan fingerprint density at radius 3 is 2.23 bits per heavy atom. The minimum Gasteiger partial charge on any atom is -0.455 e. The van der Waals surface area contributed by atoms with Gasteiger partial charge in [-0.2, -0.15) is 0 Å². The minimum atomic E-state index is -0.556. The molecule has 5 nitrogen and oxygen atoms in total. The molecule has 1 aromatic rings. The molecule has 1 aliphatic rings. The number of ether oxygens (including phenoxy) is 1. The van der Waals surface area contributed by atoms with Crippen molar-refractivity contribution in [2.24, 2.45) is 0 Å². The van der Waals surface area contributed by atoms with Crippen molar-refractivity contribution in [2.45, 2.75) is 65.3 Å². The fourth-order valence-corrected chi connectivity index (χ4v) is 2.01. The maximum Gasteiger partial charge on any atom is 0.494 e. The lowest BCUT2D eigenvalue weighted by Gasteiger charge is -2.32. The molecule has 0 unspecified atom stereocenters. The Hall–Kier alpha value is -1.40. The van der Waals surface area contributed by atoms with E-state index in [1.807, 2.05) is 48.5 Å². The highest BCUT2D eigenvalue weighted by Gasteiger charge is 2.51. The number of hydrogen-bond acceptors (Lipinski definition) is 5. The fourth-order valence-electron chi connectivity index (χ4n) is 2.01. The lowest BCUT2D eigenvalue weighted by molar-refractivity contribution is 0.00578. The normalized spacial score (nSPS) is 20.0. The second-order valence-corrected chi connectivity index (χ2v) is 7.56. The van der Waals surface area contributed by atoms with Gasteiger partial charge in [0.05, 0.1) is 11.2 Å². The monoisotopic (exact) mass is 305 g/mol. The van der Waals surface area contributed by atoms with Gasteiger partial charge >= 0.3 is 13.1 Å². The average molecular weight is 305 g/mol. The summed E-state index contributed by atoms with van der Waals surface area (Å²) in [5.74, 6) is -0.453. The largest absolute Gasteiger partial charge is 0.494 e. The Bertz CT molecular complexity index is 562. The molecule has 1 aliphatic heterocycles. The van der Waals surface area contributed by atoms with Crippen molar-refractivity contribution in [1.29, 1.82) is 0 Å². The van der Waals surface area contributed by atoms with Crippen molar-refractivity contribution in [2.75, 3.05) is 0 Å². The third kappa shape index (κ3) is 3.50. The van der Waals surface area contributed by atoms with Gasteiger partial charge in [-0.05, 0) is 66.1 Å². The summed E-state index contributed by atoms with van der Waals surface area (Å²) in [5, 5.41) is 0. The molecule has 0 atom stereocenters. The Labute approximate surface area is 132 Å². The van der Waals surface area contributed by atoms with Crippen LogP contribution in [-0.4, -0.2) is 34.9 Å². The van der Waals surface area contributed by atoms with E-state index in [9.17, 15) is 4.79 Å². The second-order valence-electron chi connectivity index (χ2n) is 7.56. The molecule has 0 saturated carbocycles. The topological polar surface area (TPSA) is 57.7 Å². The van der Waals surface area contributed by atoms with E-state index in [1.165, 1.54) is 0 Å². The average Bonchev–Trinajstić information content (AvgIpc) is 2.57. The maximum absolute atomic E-state index is 12.1. The van der Waals surface area contributed by atoms with Crippen molar-refractivity contribution in [3.8, 4) is 0 Å². The zero-order valence-corrected chi connectivity index (χ0v) is 14.4. The van der Waals surface area contributed by atoms with E-state index in [1.54, 1.807) is 18.3 Å². The molecule has 0 N–H and O–H groups in total. The number of hydrogen-bond donors (Lipinski definition) is 0. The molecule has 0 amide bonds. The van der Waals surface area contributed by atoms with Crippen LogP contribution in [0.25, 0.3) is 0 Å². The summed E-state index contributed by atoms with van der Waals surface area (Å²) in [4.78, 5) is 16.2. The summed E-state index contributed by atoms with van der Waals surface area (Å²) in [6.07, 6.45) is 1.57. The van der Waals surface area contributed by atoms with Crippen LogP contribution in [0.4, 0.5) is 0 Å². The van der Waals surface area contributed by atoms with Gasteiger partial charge in [-0.3, -0.25) is 0 Å². The van der Waals surface area contributed by atoms with Gasteiger partial charge < -0.3 is 14.0 Å². The summed E-state index contributed by atoms with van der Waals surface area (Å²) < 4.78 is 17.3. The Morgan fingerprint density at radius 2 is 1.73 bits per heavy atom. The van der Waals surface area contributed by atoms with Crippen LogP contribution in [0.3, 0.4) is 0 Å². The van der Waals surface area contributed by atoms with Crippen LogP contribution < -0.4 is 5.46 Å². The van der Waals surface area contributed by atoms with Crippen molar-refractivity contribution in [3.05, 3.63) is 24.0 Å².